The van der Waals surface area contributed by atoms with Crippen molar-refractivity contribution in [1.82, 2.24) is 14.9 Å². The zero-order valence-corrected chi connectivity index (χ0v) is 17.6. The summed E-state index contributed by atoms with van der Waals surface area (Å²) in [6.07, 6.45) is -0.479. The Kier molecular flexibility index (Phi) is 5.73. The second-order valence-electron chi connectivity index (χ2n) is 7.29. The van der Waals surface area contributed by atoms with Crippen LogP contribution >= 0.6 is 0 Å². The molecular weight excluding hydrogens is 390 g/mol. The van der Waals surface area contributed by atoms with Crippen LogP contribution in [0.5, 0.6) is 0 Å². The van der Waals surface area contributed by atoms with Crippen molar-refractivity contribution in [2.24, 2.45) is 0 Å². The normalized spacial score (nSPS) is 11.5. The minimum atomic E-state index is -1.41. The van der Waals surface area contributed by atoms with Gasteiger partial charge < -0.3 is 19.7 Å². The average Bonchev–Trinajstić information content (AvgIpc) is 3.21. The molecule has 0 aliphatic rings. The number of alkyl carbamates (subject to hydrolysis) is 1. The minimum absolute atomic E-state index is 0.342. The average molecular weight is 415 g/mol. The molecule has 1 aromatic heterocycles. The lowest BCUT2D eigenvalue weighted by atomic mass is 9.85. The molecule has 0 saturated carbocycles. The number of carbonyl (C=O) groups is 1. The zero-order valence-electron chi connectivity index (χ0n) is 17.6. The first-order chi connectivity index (χ1) is 15.1. The van der Waals surface area contributed by atoms with Crippen LogP contribution in [0.15, 0.2) is 78.9 Å². The number of methoxy groups -OCH3 is 1. The second-order valence-corrected chi connectivity index (χ2v) is 7.29. The number of aliphatic hydroxyl groups is 1. The Bertz CT molecular complexity index is 1150. The van der Waals surface area contributed by atoms with Gasteiger partial charge in [-0.2, -0.15) is 0 Å². The van der Waals surface area contributed by atoms with Crippen LogP contribution in [0.4, 0.5) is 4.79 Å². The van der Waals surface area contributed by atoms with Crippen LogP contribution in [0.25, 0.3) is 11.0 Å². The van der Waals surface area contributed by atoms with E-state index in [9.17, 15) is 9.90 Å². The Balaban J connectivity index is 1.88. The number of nitrogens with one attached hydrogen (secondary N) is 1. The van der Waals surface area contributed by atoms with Crippen molar-refractivity contribution in [2.75, 3.05) is 7.11 Å². The SMILES string of the molecule is CCn1c(C(O)(c2ccccc2)c2ccccc2)nc2ccc(CNC(=O)OC)cc21. The van der Waals surface area contributed by atoms with Crippen LogP contribution in [0.2, 0.25) is 0 Å². The van der Waals surface area contributed by atoms with Crippen LogP contribution in [0.1, 0.15) is 29.4 Å². The summed E-state index contributed by atoms with van der Waals surface area (Å²) in [5.74, 6) is 0.556. The van der Waals surface area contributed by atoms with Crippen molar-refractivity contribution in [3.05, 3.63) is 101 Å². The van der Waals surface area contributed by atoms with E-state index in [4.69, 9.17) is 4.98 Å². The van der Waals surface area contributed by atoms with Crippen molar-refractivity contribution in [3.8, 4) is 0 Å². The maximum atomic E-state index is 12.2. The number of nitrogens with zero attached hydrogens (tertiary/aromatic N) is 2. The summed E-state index contributed by atoms with van der Waals surface area (Å²) in [6.45, 7) is 3.00. The zero-order chi connectivity index (χ0) is 21.8. The molecule has 158 valence electrons. The molecule has 31 heavy (non-hydrogen) atoms. The molecule has 0 spiro atoms. The number of hydrogen-bond donors (Lipinski definition) is 2. The van der Waals surface area contributed by atoms with E-state index < -0.39 is 11.7 Å². The van der Waals surface area contributed by atoms with Crippen molar-refractivity contribution in [3.63, 3.8) is 0 Å². The number of amides is 1. The predicted octanol–water partition coefficient (Wildman–Crippen LogP) is 4.20. The Morgan fingerprint density at radius 2 is 1.65 bits per heavy atom. The smallest absolute Gasteiger partial charge is 0.407 e. The fraction of sp³-hybridized carbons (Fsp3) is 0.200. The van der Waals surface area contributed by atoms with Crippen LogP contribution in [-0.2, 0) is 23.4 Å². The maximum absolute atomic E-state index is 12.2. The van der Waals surface area contributed by atoms with E-state index in [1.165, 1.54) is 7.11 Å². The van der Waals surface area contributed by atoms with Crippen molar-refractivity contribution < 1.29 is 14.6 Å². The van der Waals surface area contributed by atoms with Gasteiger partial charge in [0.15, 0.2) is 11.4 Å². The van der Waals surface area contributed by atoms with E-state index in [0.29, 0.717) is 18.9 Å². The van der Waals surface area contributed by atoms with Gasteiger partial charge in [-0.15, -0.1) is 0 Å². The quantitative estimate of drug-likeness (QED) is 0.495. The van der Waals surface area contributed by atoms with Gasteiger partial charge in [0, 0.05) is 13.1 Å². The molecule has 0 bridgehead atoms. The number of imidazole rings is 1. The minimum Gasteiger partial charge on any atom is -0.453 e. The number of rotatable bonds is 6. The summed E-state index contributed by atoms with van der Waals surface area (Å²) >= 11 is 0. The lowest BCUT2D eigenvalue weighted by molar-refractivity contribution is 0.112. The lowest BCUT2D eigenvalue weighted by Gasteiger charge is -2.29. The van der Waals surface area contributed by atoms with E-state index in [-0.39, 0.29) is 0 Å². The summed E-state index contributed by atoms with van der Waals surface area (Å²) in [5, 5.41) is 14.9. The molecule has 0 fully saturated rings. The van der Waals surface area contributed by atoms with Gasteiger partial charge in [0.2, 0.25) is 0 Å². The molecule has 1 heterocycles. The van der Waals surface area contributed by atoms with Gasteiger partial charge in [0.1, 0.15) is 0 Å². The van der Waals surface area contributed by atoms with Crippen molar-refractivity contribution in [2.45, 2.75) is 25.6 Å². The van der Waals surface area contributed by atoms with Crippen molar-refractivity contribution in [1.29, 1.82) is 0 Å². The first-order valence-corrected chi connectivity index (χ1v) is 10.2. The highest BCUT2D eigenvalue weighted by atomic mass is 16.5. The third-order valence-corrected chi connectivity index (χ3v) is 5.46. The maximum Gasteiger partial charge on any atom is 0.407 e. The predicted molar refractivity (Wildman–Crippen MR) is 120 cm³/mol. The Morgan fingerprint density at radius 3 is 2.19 bits per heavy atom. The number of aromatic nitrogens is 2. The molecule has 0 aliphatic heterocycles. The monoisotopic (exact) mass is 415 g/mol. The third kappa shape index (κ3) is 3.78. The molecule has 6 nitrogen and oxygen atoms in total. The summed E-state index contributed by atoms with van der Waals surface area (Å²) in [4.78, 5) is 16.3. The van der Waals surface area contributed by atoms with Gasteiger partial charge >= 0.3 is 6.09 Å². The Labute approximate surface area is 181 Å². The number of benzene rings is 3. The Hall–Kier alpha value is -3.64. The van der Waals surface area contributed by atoms with Gasteiger partial charge in [-0.3, -0.25) is 0 Å². The number of ether oxygens (including phenoxy) is 1. The molecule has 0 radical (unpaired) electrons. The lowest BCUT2D eigenvalue weighted by Crippen LogP contribution is -2.32. The third-order valence-electron chi connectivity index (χ3n) is 5.46. The van der Waals surface area contributed by atoms with E-state index in [0.717, 1.165) is 27.7 Å². The largest absolute Gasteiger partial charge is 0.453 e. The van der Waals surface area contributed by atoms with Gasteiger partial charge in [-0.25, -0.2) is 9.78 Å². The highest BCUT2D eigenvalue weighted by Crippen LogP contribution is 2.37. The van der Waals surface area contributed by atoms with Crippen molar-refractivity contribution >= 4 is 17.1 Å². The van der Waals surface area contributed by atoms with E-state index in [1.807, 2.05) is 90.4 Å². The molecule has 0 saturated heterocycles. The fourth-order valence-corrected chi connectivity index (χ4v) is 3.90. The van der Waals surface area contributed by atoms with Gasteiger partial charge in [-0.05, 0) is 35.7 Å². The molecule has 2 N–H and O–H groups in total. The van der Waals surface area contributed by atoms with Crippen LogP contribution in [0.3, 0.4) is 0 Å². The molecule has 6 heteroatoms. The van der Waals surface area contributed by atoms with E-state index >= 15 is 0 Å². The second kappa shape index (κ2) is 8.62. The Morgan fingerprint density at radius 1 is 1.03 bits per heavy atom. The van der Waals surface area contributed by atoms with E-state index in [1.54, 1.807) is 0 Å². The van der Waals surface area contributed by atoms with Gasteiger partial charge in [0.25, 0.3) is 0 Å². The first kappa shape index (κ1) is 20.6. The molecular formula is C25H25N3O3. The van der Waals surface area contributed by atoms with E-state index in [2.05, 4.69) is 10.1 Å². The summed E-state index contributed by atoms with van der Waals surface area (Å²) in [6, 6.07) is 25.0. The summed E-state index contributed by atoms with van der Waals surface area (Å²) in [7, 11) is 1.34. The molecule has 4 rings (SSSR count). The fourth-order valence-electron chi connectivity index (χ4n) is 3.90. The number of carbonyl (C=O) groups excluding carboxylic acids is 1. The molecule has 1 amide bonds. The highest BCUT2D eigenvalue weighted by molar-refractivity contribution is 5.78. The van der Waals surface area contributed by atoms with Crippen LogP contribution in [0, 0.1) is 0 Å². The summed E-state index contributed by atoms with van der Waals surface area (Å²) < 4.78 is 6.68. The summed E-state index contributed by atoms with van der Waals surface area (Å²) in [5.41, 5.74) is 2.68. The molecule has 0 atom stereocenters. The number of fused-ring (bicyclic) bond motifs is 1. The molecule has 3 aromatic carbocycles. The van der Waals surface area contributed by atoms with Gasteiger partial charge in [0.05, 0.1) is 18.1 Å². The van der Waals surface area contributed by atoms with Gasteiger partial charge in [-0.1, -0.05) is 66.7 Å². The molecule has 4 aromatic rings. The number of hydrogen-bond acceptors (Lipinski definition) is 4. The first-order valence-electron chi connectivity index (χ1n) is 10.2. The molecule has 0 aliphatic carbocycles. The van der Waals surface area contributed by atoms with Crippen LogP contribution < -0.4 is 5.32 Å². The topological polar surface area (TPSA) is 76.4 Å². The highest BCUT2D eigenvalue weighted by Gasteiger charge is 2.38. The standard InChI is InChI=1S/C25H25N3O3/c1-3-28-22-16-18(17-26-24(29)31-2)14-15-21(22)27-23(28)25(30,19-10-6-4-7-11-19)20-12-8-5-9-13-20/h4-16,30H,3,17H2,1-2H3,(H,26,29). The van der Waals surface area contributed by atoms with Crippen LogP contribution in [-0.4, -0.2) is 27.9 Å². The molecule has 0 unspecified atom stereocenters. The number of aryl methyl sites for hydroxylation is 1.